The van der Waals surface area contributed by atoms with Gasteiger partial charge in [-0.05, 0) is 0 Å². The summed E-state index contributed by atoms with van der Waals surface area (Å²) in [7, 11) is 0. The van der Waals surface area contributed by atoms with Crippen molar-refractivity contribution in [2.75, 3.05) is 0 Å². The molecule has 4 heteroatoms. The second-order valence-corrected chi connectivity index (χ2v) is 0. The smallest absolute Gasteiger partial charge is 1.00 e. The van der Waals surface area contributed by atoms with Crippen molar-refractivity contribution < 1.29 is 107 Å². The standard InChI is InChI=1S/Co.K.Mo.Ni.H/q;+1;;;-1. The molecule has 0 amide bonds. The fourth-order valence-electron chi connectivity index (χ4n) is 0. The summed E-state index contributed by atoms with van der Waals surface area (Å²) in [5.41, 5.74) is 0. The van der Waals surface area contributed by atoms with Gasteiger partial charge in [-0.2, -0.15) is 0 Å². The van der Waals surface area contributed by atoms with Gasteiger partial charge in [-0.3, -0.25) is 0 Å². The molecule has 1 radical (unpaired) electrons. The van der Waals surface area contributed by atoms with Crippen molar-refractivity contribution in [2.24, 2.45) is 0 Å². The second-order valence-electron chi connectivity index (χ2n) is 0. The molecule has 0 aromatic heterocycles. The van der Waals surface area contributed by atoms with Crippen LogP contribution < -0.4 is 51.4 Å². The Hall–Kier alpha value is 3.32. The Bertz CT molecular complexity index is 11.6. The van der Waals surface area contributed by atoms with E-state index in [1.165, 1.54) is 0 Å². The average Bonchev–Trinajstić information content (AvgIpc) is 0. The molecule has 0 N–H and O–H groups in total. The van der Waals surface area contributed by atoms with E-state index in [2.05, 4.69) is 0 Å². The number of rotatable bonds is 0. The van der Waals surface area contributed by atoms with E-state index in [-0.39, 0.29) is 107 Å². The molecule has 0 spiro atoms. The predicted octanol–water partition coefficient (Wildman–Crippen LogP) is -2.89. The molecule has 27 valence electrons. The monoisotopic (exact) mass is 255 g/mol. The topological polar surface area (TPSA) is 0 Å². The predicted molar refractivity (Wildman–Crippen MR) is 1.11 cm³/mol. The molecule has 0 aromatic rings. The molecular weight excluding hydrogens is 253 g/mol. The third-order valence-electron chi connectivity index (χ3n) is 0. The molecule has 0 aliphatic heterocycles. The van der Waals surface area contributed by atoms with Gasteiger partial charge in [0, 0.05) is 54.3 Å². The molecule has 0 bridgehead atoms. The van der Waals surface area contributed by atoms with Crippen LogP contribution in [0.5, 0.6) is 0 Å². The maximum Gasteiger partial charge on any atom is 1.00 e. The number of hydrogen-bond donors (Lipinski definition) is 0. The van der Waals surface area contributed by atoms with E-state index in [1.54, 1.807) is 0 Å². The molecular formula is HCoKMoNi. The van der Waals surface area contributed by atoms with E-state index in [0.29, 0.717) is 0 Å². The van der Waals surface area contributed by atoms with E-state index in [1.807, 2.05) is 0 Å². The Morgan fingerprint density at radius 2 is 1.25 bits per heavy atom. The first-order valence-corrected chi connectivity index (χ1v) is 0. The van der Waals surface area contributed by atoms with Crippen LogP contribution in [0.1, 0.15) is 1.43 Å². The average molecular weight is 254 g/mol. The maximum absolute atomic E-state index is 0. The molecule has 0 atom stereocenters. The van der Waals surface area contributed by atoms with Crippen molar-refractivity contribution in [3.05, 3.63) is 0 Å². The van der Waals surface area contributed by atoms with Gasteiger partial charge in [-0.25, -0.2) is 0 Å². The van der Waals surface area contributed by atoms with Gasteiger partial charge in [0.15, 0.2) is 0 Å². The first kappa shape index (κ1) is 26.5. The van der Waals surface area contributed by atoms with E-state index >= 15 is 0 Å². The van der Waals surface area contributed by atoms with Crippen LogP contribution in [0.25, 0.3) is 0 Å². The third kappa shape index (κ3) is 9.01. The quantitative estimate of drug-likeness (QED) is 0.407. The van der Waals surface area contributed by atoms with Crippen LogP contribution in [0.4, 0.5) is 0 Å². The summed E-state index contributed by atoms with van der Waals surface area (Å²) >= 11 is 0. The van der Waals surface area contributed by atoms with Crippen LogP contribution in [0.3, 0.4) is 0 Å². The Kier molecular flexibility index (Phi) is 108. The first-order valence-electron chi connectivity index (χ1n) is 0. The summed E-state index contributed by atoms with van der Waals surface area (Å²) in [4.78, 5) is 0. The van der Waals surface area contributed by atoms with E-state index < -0.39 is 0 Å². The molecule has 0 nitrogen and oxygen atoms in total. The van der Waals surface area contributed by atoms with E-state index in [9.17, 15) is 0 Å². The molecule has 4 heavy (non-hydrogen) atoms. The Labute approximate surface area is 105 Å². The van der Waals surface area contributed by atoms with Crippen LogP contribution in [-0.4, -0.2) is 0 Å². The van der Waals surface area contributed by atoms with Gasteiger partial charge in [0.25, 0.3) is 0 Å². The maximum atomic E-state index is 0. The molecule has 0 aliphatic rings. The van der Waals surface area contributed by atoms with E-state index in [0.717, 1.165) is 0 Å². The number of hydrogen-bond acceptors (Lipinski definition) is 0. The molecule has 0 aliphatic carbocycles. The zero-order valence-corrected chi connectivity index (χ0v) is 9.22. The SMILES string of the molecule is [Co].[H-].[K+].[Mo].[Ni]. The normalized spacial score (nSPS) is 0. The molecule has 0 rings (SSSR count). The van der Waals surface area contributed by atoms with Gasteiger partial charge in [0.2, 0.25) is 0 Å². The minimum atomic E-state index is 0. The van der Waals surface area contributed by atoms with Crippen molar-refractivity contribution in [2.45, 2.75) is 0 Å². The molecule has 0 saturated carbocycles. The molecule has 0 fully saturated rings. The summed E-state index contributed by atoms with van der Waals surface area (Å²) in [5.74, 6) is 0. The van der Waals surface area contributed by atoms with Crippen molar-refractivity contribution in [3.8, 4) is 0 Å². The molecule has 0 unspecified atom stereocenters. The van der Waals surface area contributed by atoms with E-state index in [4.69, 9.17) is 0 Å². The third-order valence-corrected chi connectivity index (χ3v) is 0. The van der Waals surface area contributed by atoms with Gasteiger partial charge >= 0.3 is 51.4 Å². The van der Waals surface area contributed by atoms with Crippen molar-refractivity contribution in [3.63, 3.8) is 0 Å². The Morgan fingerprint density at radius 3 is 1.25 bits per heavy atom. The van der Waals surface area contributed by atoms with Crippen LogP contribution >= 0.6 is 0 Å². The van der Waals surface area contributed by atoms with Gasteiger partial charge in [0.1, 0.15) is 0 Å². The van der Waals surface area contributed by atoms with Crippen LogP contribution in [0, 0.1) is 0 Å². The summed E-state index contributed by atoms with van der Waals surface area (Å²) in [6.07, 6.45) is 0. The fourth-order valence-corrected chi connectivity index (χ4v) is 0. The zero-order valence-electron chi connectivity index (χ0n) is 3.06. The minimum absolute atomic E-state index is 0. The van der Waals surface area contributed by atoms with Crippen LogP contribution in [0.2, 0.25) is 0 Å². The zero-order chi connectivity index (χ0) is 0. The van der Waals surface area contributed by atoms with Crippen molar-refractivity contribution >= 4 is 0 Å². The molecule has 0 heterocycles. The largest absolute Gasteiger partial charge is 1.00 e. The van der Waals surface area contributed by atoms with Crippen molar-refractivity contribution in [1.29, 1.82) is 0 Å². The molecule has 0 saturated heterocycles. The summed E-state index contributed by atoms with van der Waals surface area (Å²) in [6, 6.07) is 0. The first-order chi connectivity index (χ1) is 0. The van der Waals surface area contributed by atoms with Gasteiger partial charge in [-0.1, -0.05) is 0 Å². The molecule has 0 aromatic carbocycles. The van der Waals surface area contributed by atoms with Crippen LogP contribution in [0.15, 0.2) is 0 Å². The van der Waals surface area contributed by atoms with Gasteiger partial charge in [0.05, 0.1) is 0 Å². The Balaban J connectivity index is 0. The summed E-state index contributed by atoms with van der Waals surface area (Å²) < 4.78 is 0. The summed E-state index contributed by atoms with van der Waals surface area (Å²) in [6.45, 7) is 0. The van der Waals surface area contributed by atoms with Gasteiger partial charge in [-0.15, -0.1) is 0 Å². The Morgan fingerprint density at radius 1 is 1.25 bits per heavy atom. The summed E-state index contributed by atoms with van der Waals surface area (Å²) in [5, 5.41) is 0. The van der Waals surface area contributed by atoms with Crippen LogP contribution in [-0.2, 0) is 54.3 Å². The minimum Gasteiger partial charge on any atom is -1.00 e. The van der Waals surface area contributed by atoms with Crippen molar-refractivity contribution in [1.82, 2.24) is 0 Å². The second kappa shape index (κ2) is 16.2. The fraction of sp³-hybridized carbons (Fsp3) is 0. The van der Waals surface area contributed by atoms with Gasteiger partial charge < -0.3 is 1.43 Å².